The third-order valence-electron chi connectivity index (χ3n) is 3.15. The van der Waals surface area contributed by atoms with Crippen molar-refractivity contribution in [2.45, 2.75) is 15.8 Å². The van der Waals surface area contributed by atoms with Gasteiger partial charge in [0.1, 0.15) is 18.6 Å². The molecule has 2 aromatic rings. The van der Waals surface area contributed by atoms with E-state index in [2.05, 4.69) is 10.1 Å². The van der Waals surface area contributed by atoms with Crippen molar-refractivity contribution in [3.05, 3.63) is 51.5 Å². The molecule has 8 nitrogen and oxygen atoms in total. The normalized spacial score (nSPS) is 16.6. The summed E-state index contributed by atoms with van der Waals surface area (Å²) in [6.45, 7) is 1.00. The fourth-order valence-corrected chi connectivity index (χ4v) is 4.19. The van der Waals surface area contributed by atoms with Crippen molar-refractivity contribution in [1.82, 2.24) is 14.8 Å². The van der Waals surface area contributed by atoms with Crippen LogP contribution < -0.4 is 0 Å². The van der Waals surface area contributed by atoms with E-state index < -0.39 is 5.03 Å². The van der Waals surface area contributed by atoms with E-state index >= 15 is 0 Å². The summed E-state index contributed by atoms with van der Waals surface area (Å²) >= 11 is 3.15. The van der Waals surface area contributed by atoms with E-state index in [1.165, 1.54) is 0 Å². The molecule has 1 aromatic carbocycles. The molecule has 10 heteroatoms. The summed E-state index contributed by atoms with van der Waals surface area (Å²) in [5.74, 6) is 0.289. The molecule has 0 amide bonds. The summed E-state index contributed by atoms with van der Waals surface area (Å²) in [5, 5.41) is 13.5. The number of aromatic nitrogens is 1. The van der Waals surface area contributed by atoms with Gasteiger partial charge in [0.2, 0.25) is 0 Å². The van der Waals surface area contributed by atoms with Crippen LogP contribution in [0.1, 0.15) is 4.88 Å². The molecule has 0 radical (unpaired) electrons. The molecule has 1 fully saturated rings. The highest BCUT2D eigenvalue weighted by molar-refractivity contribution is 8.01. The lowest BCUT2D eigenvalue weighted by atomic mass is 10.4. The van der Waals surface area contributed by atoms with Crippen molar-refractivity contribution in [3.8, 4) is 0 Å². The van der Waals surface area contributed by atoms with Gasteiger partial charge in [-0.1, -0.05) is 30.0 Å². The Hall–Kier alpha value is -2.17. The van der Waals surface area contributed by atoms with E-state index in [-0.39, 0.29) is 19.4 Å². The van der Waals surface area contributed by atoms with Gasteiger partial charge in [-0.2, -0.15) is 0 Å². The Balaban J connectivity index is 1.70. The van der Waals surface area contributed by atoms with Crippen LogP contribution >= 0.6 is 23.1 Å². The largest absolute Gasteiger partial charge is 0.341 e. The minimum atomic E-state index is -0.687. The Bertz CT molecular complexity index is 737. The van der Waals surface area contributed by atoms with Gasteiger partial charge in [0.25, 0.3) is 5.96 Å². The first-order valence-corrected chi connectivity index (χ1v) is 8.69. The van der Waals surface area contributed by atoms with Gasteiger partial charge in [0.15, 0.2) is 9.37 Å². The van der Waals surface area contributed by atoms with Gasteiger partial charge in [0.05, 0.1) is 6.54 Å². The highest BCUT2D eigenvalue weighted by atomic mass is 32.2. The minimum absolute atomic E-state index is 0.260. The Morgan fingerprint density at radius 3 is 2.96 bits per heavy atom. The number of hydrogen-bond acceptors (Lipinski definition) is 6. The van der Waals surface area contributed by atoms with E-state index in [9.17, 15) is 10.1 Å². The number of guanidine groups is 1. The van der Waals surface area contributed by atoms with Crippen molar-refractivity contribution in [2.75, 3.05) is 20.5 Å². The quantitative estimate of drug-likeness (QED) is 0.594. The van der Waals surface area contributed by atoms with Gasteiger partial charge in [-0.15, -0.1) is 11.3 Å². The fourth-order valence-electron chi connectivity index (χ4n) is 2.16. The zero-order valence-corrected chi connectivity index (χ0v) is 14.5. The molecular weight excluding hydrogens is 350 g/mol. The SMILES string of the molecule is CN1COCN(Cc2cnc(Sc3ccccc3)s2)C1=N[N+](=O)[O-]. The first-order chi connectivity index (χ1) is 11.6. The Morgan fingerprint density at radius 1 is 1.42 bits per heavy atom. The van der Waals surface area contributed by atoms with Crippen LogP contribution in [-0.4, -0.2) is 46.3 Å². The van der Waals surface area contributed by atoms with E-state index in [1.807, 2.05) is 30.3 Å². The molecule has 0 aliphatic carbocycles. The molecule has 0 bridgehead atoms. The molecule has 1 aliphatic heterocycles. The highest BCUT2D eigenvalue weighted by Gasteiger charge is 2.25. The lowest BCUT2D eigenvalue weighted by Crippen LogP contribution is -2.49. The van der Waals surface area contributed by atoms with Gasteiger partial charge in [-0.25, -0.2) is 15.1 Å². The summed E-state index contributed by atoms with van der Waals surface area (Å²) in [5.41, 5.74) is 0. The average Bonchev–Trinajstić information content (AvgIpc) is 2.98. The number of benzene rings is 1. The molecule has 24 heavy (non-hydrogen) atoms. The lowest BCUT2D eigenvalue weighted by molar-refractivity contribution is -0.486. The number of rotatable bonds is 5. The van der Waals surface area contributed by atoms with Crippen LogP contribution in [0.15, 0.2) is 50.9 Å². The Kier molecular flexibility index (Phi) is 5.28. The predicted molar refractivity (Wildman–Crippen MR) is 91.2 cm³/mol. The van der Waals surface area contributed by atoms with Crippen LogP contribution in [-0.2, 0) is 11.3 Å². The van der Waals surface area contributed by atoms with E-state index in [0.717, 1.165) is 14.1 Å². The molecule has 0 atom stereocenters. The van der Waals surface area contributed by atoms with Crippen LogP contribution in [0.25, 0.3) is 0 Å². The molecule has 2 heterocycles. The summed E-state index contributed by atoms with van der Waals surface area (Å²) in [7, 11) is 1.71. The topological polar surface area (TPSA) is 84.1 Å². The summed E-state index contributed by atoms with van der Waals surface area (Å²) in [6, 6.07) is 10.00. The summed E-state index contributed by atoms with van der Waals surface area (Å²) in [4.78, 5) is 20.6. The second-order valence-corrected chi connectivity index (χ2v) is 7.44. The third-order valence-corrected chi connectivity index (χ3v) is 5.22. The first kappa shape index (κ1) is 16.7. The van der Waals surface area contributed by atoms with Crippen molar-refractivity contribution < 1.29 is 9.77 Å². The molecule has 0 unspecified atom stereocenters. The number of nitro groups is 1. The highest BCUT2D eigenvalue weighted by Crippen LogP contribution is 2.31. The Labute approximate surface area is 146 Å². The zero-order chi connectivity index (χ0) is 16.9. The minimum Gasteiger partial charge on any atom is -0.341 e. The van der Waals surface area contributed by atoms with Crippen LogP contribution in [0.4, 0.5) is 0 Å². The van der Waals surface area contributed by atoms with E-state index in [0.29, 0.717) is 6.54 Å². The maximum absolute atomic E-state index is 10.7. The summed E-state index contributed by atoms with van der Waals surface area (Å²) < 4.78 is 6.33. The van der Waals surface area contributed by atoms with E-state index in [4.69, 9.17) is 4.74 Å². The molecule has 3 rings (SSSR count). The van der Waals surface area contributed by atoms with Crippen molar-refractivity contribution >= 4 is 29.1 Å². The predicted octanol–water partition coefficient (Wildman–Crippen LogP) is 2.52. The lowest BCUT2D eigenvalue weighted by Gasteiger charge is -2.34. The number of hydrazone groups is 1. The van der Waals surface area contributed by atoms with E-state index in [1.54, 1.807) is 46.1 Å². The van der Waals surface area contributed by atoms with Crippen LogP contribution in [0.3, 0.4) is 0 Å². The number of nitrogens with zero attached hydrogens (tertiary/aromatic N) is 5. The van der Waals surface area contributed by atoms with Crippen molar-refractivity contribution in [1.29, 1.82) is 0 Å². The summed E-state index contributed by atoms with van der Waals surface area (Å²) in [6.07, 6.45) is 1.79. The molecular formula is C14H15N5O3S2. The Morgan fingerprint density at radius 2 is 2.21 bits per heavy atom. The molecule has 1 aliphatic rings. The van der Waals surface area contributed by atoms with Crippen LogP contribution in [0.5, 0.6) is 0 Å². The number of ether oxygens (including phenoxy) is 1. The maximum atomic E-state index is 10.7. The molecule has 126 valence electrons. The zero-order valence-electron chi connectivity index (χ0n) is 12.9. The van der Waals surface area contributed by atoms with Crippen LogP contribution in [0.2, 0.25) is 0 Å². The molecule has 1 saturated heterocycles. The molecule has 0 saturated carbocycles. The maximum Gasteiger partial charge on any atom is 0.277 e. The number of thiazole rings is 1. The second kappa shape index (κ2) is 7.60. The second-order valence-electron chi connectivity index (χ2n) is 5.00. The average molecular weight is 365 g/mol. The van der Waals surface area contributed by atoms with Gasteiger partial charge in [-0.05, 0) is 12.1 Å². The van der Waals surface area contributed by atoms with Crippen LogP contribution in [0, 0.1) is 10.1 Å². The molecule has 0 spiro atoms. The van der Waals surface area contributed by atoms with Gasteiger partial charge >= 0.3 is 0 Å². The first-order valence-electron chi connectivity index (χ1n) is 7.06. The fraction of sp³-hybridized carbons (Fsp3) is 0.286. The monoisotopic (exact) mass is 365 g/mol. The van der Waals surface area contributed by atoms with Crippen molar-refractivity contribution in [2.24, 2.45) is 5.10 Å². The number of hydrogen-bond donors (Lipinski definition) is 0. The van der Waals surface area contributed by atoms with Gasteiger partial charge < -0.3 is 14.5 Å². The van der Waals surface area contributed by atoms with Crippen molar-refractivity contribution in [3.63, 3.8) is 0 Å². The standard InChI is InChI=1S/C14H15N5O3S2/c1-17-9-22-10-18(13(17)16-19(20)21)8-12-7-15-14(24-12)23-11-5-3-2-4-6-11/h2-7H,8-10H2,1H3. The van der Waals surface area contributed by atoms with Gasteiger partial charge in [0, 0.05) is 23.0 Å². The third kappa shape index (κ3) is 4.22. The van der Waals surface area contributed by atoms with Gasteiger partial charge in [-0.3, -0.25) is 0 Å². The molecule has 1 aromatic heterocycles. The smallest absolute Gasteiger partial charge is 0.277 e. The molecule has 0 N–H and O–H groups in total.